The molecule has 6 heteroatoms. The van der Waals surface area contributed by atoms with Gasteiger partial charge in [-0.15, -0.1) is 0 Å². The van der Waals surface area contributed by atoms with Crippen molar-refractivity contribution in [2.75, 3.05) is 13.7 Å². The molecule has 1 aromatic rings. The molecule has 1 aliphatic heterocycles. The standard InChI is InChI=1S/C18H24BrNO4/c1-17(2,3)24-16(22)20-11-5-10-18(20,15(21)23-4)12-13-6-8-14(19)9-7-13/h6-9H,5,10-12H2,1-4H3/t18-/m1/s1. The average molecular weight is 398 g/mol. The predicted octanol–water partition coefficient (Wildman–Crippen LogP) is 3.93. The van der Waals surface area contributed by atoms with Crippen LogP contribution in [0.4, 0.5) is 4.79 Å². The highest BCUT2D eigenvalue weighted by Crippen LogP contribution is 2.35. The lowest BCUT2D eigenvalue weighted by Gasteiger charge is -2.37. The van der Waals surface area contributed by atoms with Crippen molar-refractivity contribution in [1.29, 1.82) is 0 Å². The van der Waals surface area contributed by atoms with Gasteiger partial charge in [0.05, 0.1) is 7.11 Å². The zero-order chi connectivity index (χ0) is 18.0. The Morgan fingerprint density at radius 1 is 1.25 bits per heavy atom. The van der Waals surface area contributed by atoms with E-state index in [1.165, 1.54) is 12.0 Å². The Morgan fingerprint density at radius 3 is 2.42 bits per heavy atom. The van der Waals surface area contributed by atoms with Gasteiger partial charge < -0.3 is 9.47 Å². The minimum absolute atomic E-state index is 0.395. The molecule has 1 amide bonds. The highest BCUT2D eigenvalue weighted by atomic mass is 79.9. The van der Waals surface area contributed by atoms with Gasteiger partial charge in [0.2, 0.25) is 0 Å². The highest BCUT2D eigenvalue weighted by molar-refractivity contribution is 9.10. The third-order valence-corrected chi connectivity index (χ3v) is 4.61. The van der Waals surface area contributed by atoms with Crippen LogP contribution in [0.25, 0.3) is 0 Å². The van der Waals surface area contributed by atoms with Gasteiger partial charge in [0.15, 0.2) is 0 Å². The lowest BCUT2D eigenvalue weighted by atomic mass is 9.88. The van der Waals surface area contributed by atoms with E-state index < -0.39 is 23.2 Å². The molecule has 0 N–H and O–H groups in total. The maximum Gasteiger partial charge on any atom is 0.411 e. The summed E-state index contributed by atoms with van der Waals surface area (Å²) in [6.45, 7) is 5.93. The summed E-state index contributed by atoms with van der Waals surface area (Å²) in [5.41, 5.74) is -0.650. The van der Waals surface area contributed by atoms with E-state index in [-0.39, 0.29) is 0 Å². The Balaban J connectivity index is 2.33. The van der Waals surface area contributed by atoms with E-state index in [1.54, 1.807) is 0 Å². The van der Waals surface area contributed by atoms with Crippen molar-refractivity contribution in [2.45, 2.75) is 51.2 Å². The van der Waals surface area contributed by atoms with Gasteiger partial charge in [-0.2, -0.15) is 0 Å². The third-order valence-electron chi connectivity index (χ3n) is 4.08. The summed E-state index contributed by atoms with van der Waals surface area (Å²) >= 11 is 3.41. The van der Waals surface area contributed by atoms with Crippen LogP contribution in [0.2, 0.25) is 0 Å². The minimum atomic E-state index is -1.01. The Kier molecular flexibility index (Phi) is 5.58. The number of amides is 1. The fraction of sp³-hybridized carbons (Fsp3) is 0.556. The minimum Gasteiger partial charge on any atom is -0.467 e. The van der Waals surface area contributed by atoms with E-state index in [2.05, 4.69) is 15.9 Å². The van der Waals surface area contributed by atoms with Gasteiger partial charge >= 0.3 is 12.1 Å². The van der Waals surface area contributed by atoms with Gasteiger partial charge in [-0.05, 0) is 51.3 Å². The first-order valence-corrected chi connectivity index (χ1v) is 8.81. The summed E-state index contributed by atoms with van der Waals surface area (Å²) in [5, 5.41) is 0. The second-order valence-corrected chi connectivity index (χ2v) is 7.98. The monoisotopic (exact) mass is 397 g/mol. The SMILES string of the molecule is COC(=O)[C@]1(Cc2ccc(Br)cc2)CCCN1C(=O)OC(C)(C)C. The lowest BCUT2D eigenvalue weighted by Crippen LogP contribution is -2.56. The van der Waals surface area contributed by atoms with E-state index in [9.17, 15) is 9.59 Å². The quantitative estimate of drug-likeness (QED) is 0.724. The van der Waals surface area contributed by atoms with Crippen LogP contribution in [0.1, 0.15) is 39.2 Å². The first-order valence-electron chi connectivity index (χ1n) is 8.01. The summed E-state index contributed by atoms with van der Waals surface area (Å²) in [7, 11) is 1.36. The number of carbonyl (C=O) groups is 2. The third kappa shape index (κ3) is 4.09. The van der Waals surface area contributed by atoms with E-state index in [0.29, 0.717) is 19.4 Å². The van der Waals surface area contributed by atoms with Crippen molar-refractivity contribution in [2.24, 2.45) is 0 Å². The molecule has 0 unspecified atom stereocenters. The molecule has 1 fully saturated rings. The summed E-state index contributed by atoms with van der Waals surface area (Å²) in [5.74, 6) is -0.395. The van der Waals surface area contributed by atoms with Crippen LogP contribution in [-0.2, 0) is 20.7 Å². The number of ether oxygens (including phenoxy) is 2. The molecule has 2 rings (SSSR count). The van der Waals surface area contributed by atoms with Gasteiger partial charge in [-0.1, -0.05) is 28.1 Å². The van der Waals surface area contributed by atoms with E-state index in [1.807, 2.05) is 45.0 Å². The fourth-order valence-electron chi connectivity index (χ4n) is 3.06. The summed E-state index contributed by atoms with van der Waals surface area (Å²) in [4.78, 5) is 26.8. The summed E-state index contributed by atoms with van der Waals surface area (Å²) in [6, 6.07) is 7.74. The number of hydrogen-bond donors (Lipinski definition) is 0. The van der Waals surface area contributed by atoms with Gasteiger partial charge in [0.1, 0.15) is 11.1 Å². The zero-order valence-electron chi connectivity index (χ0n) is 14.6. The van der Waals surface area contributed by atoms with Gasteiger partial charge in [0, 0.05) is 17.4 Å². The number of nitrogens with zero attached hydrogens (tertiary/aromatic N) is 1. The first kappa shape index (κ1) is 18.8. The molecule has 132 valence electrons. The number of likely N-dealkylation sites (tertiary alicyclic amines) is 1. The average Bonchev–Trinajstić information content (AvgIpc) is 2.92. The fourth-order valence-corrected chi connectivity index (χ4v) is 3.32. The molecule has 0 radical (unpaired) electrons. The molecule has 1 saturated heterocycles. The Morgan fingerprint density at radius 2 is 1.88 bits per heavy atom. The Bertz CT molecular complexity index is 608. The molecule has 1 atom stereocenters. The molecule has 5 nitrogen and oxygen atoms in total. The number of halogens is 1. The van der Waals surface area contributed by atoms with Crippen molar-refractivity contribution >= 4 is 28.0 Å². The second-order valence-electron chi connectivity index (χ2n) is 7.06. The van der Waals surface area contributed by atoms with Crippen molar-refractivity contribution in [3.05, 3.63) is 34.3 Å². The summed E-state index contributed by atoms with van der Waals surface area (Å²) in [6.07, 6.45) is 1.24. The number of hydrogen-bond acceptors (Lipinski definition) is 4. The Labute approximate surface area is 151 Å². The van der Waals surface area contributed by atoms with Crippen LogP contribution in [0, 0.1) is 0 Å². The van der Waals surface area contributed by atoms with Crippen molar-refractivity contribution in [3.8, 4) is 0 Å². The molecule has 0 spiro atoms. The smallest absolute Gasteiger partial charge is 0.411 e. The van der Waals surface area contributed by atoms with E-state index in [4.69, 9.17) is 9.47 Å². The first-order chi connectivity index (χ1) is 11.2. The maximum absolute atomic E-state index is 12.6. The topological polar surface area (TPSA) is 55.8 Å². The van der Waals surface area contributed by atoms with Gasteiger partial charge in [0.25, 0.3) is 0 Å². The number of carbonyl (C=O) groups excluding carboxylic acids is 2. The summed E-state index contributed by atoms with van der Waals surface area (Å²) < 4.78 is 11.5. The number of methoxy groups -OCH3 is 1. The normalized spacial score (nSPS) is 20.8. The second kappa shape index (κ2) is 7.13. The molecule has 1 aliphatic rings. The Hall–Kier alpha value is -1.56. The van der Waals surface area contributed by atoms with Crippen LogP contribution >= 0.6 is 15.9 Å². The number of esters is 1. The predicted molar refractivity (Wildman–Crippen MR) is 94.8 cm³/mol. The molecule has 24 heavy (non-hydrogen) atoms. The number of benzene rings is 1. The lowest BCUT2D eigenvalue weighted by molar-refractivity contribution is -0.153. The largest absolute Gasteiger partial charge is 0.467 e. The van der Waals surface area contributed by atoms with E-state index >= 15 is 0 Å². The van der Waals surface area contributed by atoms with Crippen LogP contribution in [0.3, 0.4) is 0 Å². The molecular formula is C18H24BrNO4. The molecule has 1 heterocycles. The molecule has 0 aliphatic carbocycles. The molecule has 0 saturated carbocycles. The maximum atomic E-state index is 12.6. The molecule has 1 aromatic carbocycles. The highest BCUT2D eigenvalue weighted by Gasteiger charge is 2.51. The van der Waals surface area contributed by atoms with Gasteiger partial charge in [-0.25, -0.2) is 9.59 Å². The van der Waals surface area contributed by atoms with E-state index in [0.717, 1.165) is 16.5 Å². The van der Waals surface area contributed by atoms with Crippen LogP contribution in [-0.4, -0.2) is 41.8 Å². The van der Waals surface area contributed by atoms with Crippen LogP contribution in [0.15, 0.2) is 28.7 Å². The molecule has 0 bridgehead atoms. The van der Waals surface area contributed by atoms with Crippen LogP contribution in [0.5, 0.6) is 0 Å². The van der Waals surface area contributed by atoms with Crippen molar-refractivity contribution < 1.29 is 19.1 Å². The number of rotatable bonds is 3. The van der Waals surface area contributed by atoms with Crippen molar-refractivity contribution in [3.63, 3.8) is 0 Å². The zero-order valence-corrected chi connectivity index (χ0v) is 16.2. The van der Waals surface area contributed by atoms with Crippen molar-refractivity contribution in [1.82, 2.24) is 4.90 Å². The molecule has 0 aromatic heterocycles. The van der Waals surface area contributed by atoms with Crippen LogP contribution < -0.4 is 0 Å². The molecular weight excluding hydrogens is 374 g/mol. The van der Waals surface area contributed by atoms with Gasteiger partial charge in [-0.3, -0.25) is 4.90 Å².